The van der Waals surface area contributed by atoms with Crippen molar-refractivity contribution < 1.29 is 9.53 Å². The maximum atomic E-state index is 13.2. The molecule has 0 bridgehead atoms. The number of nitrogens with two attached hydrogens (primary N) is 1. The lowest BCUT2D eigenvalue weighted by atomic mass is 9.54. The number of carbonyl (C=O) groups excluding carboxylic acids is 1. The van der Waals surface area contributed by atoms with Crippen LogP contribution < -0.4 is 10.6 Å². The molecule has 9 heteroatoms. The van der Waals surface area contributed by atoms with Gasteiger partial charge < -0.3 is 20.3 Å². The molecule has 1 aromatic rings. The van der Waals surface area contributed by atoms with Gasteiger partial charge in [-0.3, -0.25) is 4.79 Å². The van der Waals surface area contributed by atoms with Crippen molar-refractivity contribution in [2.45, 2.75) is 65.5 Å². The van der Waals surface area contributed by atoms with Gasteiger partial charge in [-0.1, -0.05) is 27.7 Å². The lowest BCUT2D eigenvalue weighted by Crippen LogP contribution is -2.76. The Bertz CT molecular complexity index is 738. The number of hydrogen-bond acceptors (Lipinski definition) is 6. The fourth-order valence-corrected chi connectivity index (χ4v) is 4.21. The number of ether oxygens (including phenoxy) is 1. The summed E-state index contributed by atoms with van der Waals surface area (Å²) in [7, 11) is 0. The van der Waals surface area contributed by atoms with E-state index >= 15 is 0 Å². The van der Waals surface area contributed by atoms with Crippen molar-refractivity contribution in [1.29, 1.82) is 0 Å². The molecule has 1 saturated heterocycles. The Kier molecular flexibility index (Phi) is 8.94. The van der Waals surface area contributed by atoms with Gasteiger partial charge in [0.2, 0.25) is 5.91 Å². The smallest absolute Gasteiger partial charge is 0.243 e. The average Bonchev–Trinajstić information content (AvgIpc) is 2.66. The van der Waals surface area contributed by atoms with Gasteiger partial charge in [-0.25, -0.2) is 9.97 Å². The topological polar surface area (TPSA) is 84.6 Å². The molecule has 1 aliphatic heterocycles. The van der Waals surface area contributed by atoms with E-state index in [2.05, 4.69) is 23.7 Å². The third-order valence-corrected chi connectivity index (χ3v) is 6.48. The number of rotatable bonds is 5. The SMILES string of the molecule is CCOC1CC(N)(C(=O)N2CCN(c3cc(C)nc(C(C)C)n3)CC2)C1(C)C.Cl.Cl. The zero-order valence-electron chi connectivity index (χ0n) is 19.0. The average molecular weight is 462 g/mol. The normalized spacial score (nSPS) is 25.3. The fourth-order valence-electron chi connectivity index (χ4n) is 4.21. The van der Waals surface area contributed by atoms with Gasteiger partial charge in [0.1, 0.15) is 17.2 Å². The summed E-state index contributed by atoms with van der Waals surface area (Å²) in [5, 5.41) is 0. The number of aromatic nitrogens is 2. The molecule has 2 aliphatic rings. The highest BCUT2D eigenvalue weighted by molar-refractivity contribution is 5.89. The summed E-state index contributed by atoms with van der Waals surface area (Å²) in [5.41, 5.74) is 6.37. The number of hydrogen-bond donors (Lipinski definition) is 1. The van der Waals surface area contributed by atoms with Crippen LogP contribution in [0.1, 0.15) is 58.5 Å². The lowest BCUT2D eigenvalue weighted by molar-refractivity contribution is -0.179. The molecule has 2 heterocycles. The Labute approximate surface area is 193 Å². The van der Waals surface area contributed by atoms with Crippen molar-refractivity contribution in [2.24, 2.45) is 11.1 Å². The van der Waals surface area contributed by atoms with Crippen molar-refractivity contribution in [3.8, 4) is 0 Å². The van der Waals surface area contributed by atoms with E-state index < -0.39 is 5.54 Å². The lowest BCUT2D eigenvalue weighted by Gasteiger charge is -2.59. The predicted molar refractivity (Wildman–Crippen MR) is 125 cm³/mol. The van der Waals surface area contributed by atoms with Crippen molar-refractivity contribution in [3.05, 3.63) is 17.6 Å². The molecule has 0 spiro atoms. The fraction of sp³-hybridized carbons (Fsp3) is 0.762. The molecule has 0 radical (unpaired) electrons. The molecular weight excluding hydrogens is 425 g/mol. The van der Waals surface area contributed by atoms with Gasteiger partial charge in [-0.2, -0.15) is 0 Å². The highest BCUT2D eigenvalue weighted by Crippen LogP contribution is 2.50. The van der Waals surface area contributed by atoms with Crippen molar-refractivity contribution in [2.75, 3.05) is 37.7 Å². The molecule has 2 unspecified atom stereocenters. The first-order valence-corrected chi connectivity index (χ1v) is 10.4. The van der Waals surface area contributed by atoms with Gasteiger partial charge in [0.25, 0.3) is 0 Å². The summed E-state index contributed by atoms with van der Waals surface area (Å²) in [5.74, 6) is 2.16. The van der Waals surface area contributed by atoms with Gasteiger partial charge in [0, 0.05) is 62.3 Å². The standard InChI is InChI=1S/C21H35N5O2.2ClH/c1-7-28-16-13-21(22,20(16,5)6)19(27)26-10-8-25(9-11-26)17-12-15(4)23-18(24-17)14(2)3;;/h12,14,16H,7-11,13,22H2,1-6H3;2*1H. The zero-order chi connectivity index (χ0) is 20.7. The molecule has 2 N–H and O–H groups in total. The summed E-state index contributed by atoms with van der Waals surface area (Å²) < 4.78 is 5.77. The van der Waals surface area contributed by atoms with E-state index in [1.807, 2.05) is 38.7 Å². The second-order valence-electron chi connectivity index (χ2n) is 9.00. The van der Waals surface area contributed by atoms with Crippen LogP contribution in [-0.4, -0.2) is 65.2 Å². The monoisotopic (exact) mass is 461 g/mol. The Hall–Kier alpha value is -1.15. The first-order valence-electron chi connectivity index (χ1n) is 10.4. The molecular formula is C21H37Cl2N5O2. The first kappa shape index (κ1) is 26.9. The Morgan fingerprint density at radius 2 is 1.83 bits per heavy atom. The maximum absolute atomic E-state index is 13.2. The number of piperazine rings is 1. The van der Waals surface area contributed by atoms with Crippen LogP contribution >= 0.6 is 24.8 Å². The number of nitrogens with zero attached hydrogens (tertiary/aromatic N) is 4. The van der Waals surface area contributed by atoms with Crippen molar-refractivity contribution in [3.63, 3.8) is 0 Å². The van der Waals surface area contributed by atoms with Crippen molar-refractivity contribution >= 4 is 36.5 Å². The molecule has 172 valence electrons. The summed E-state index contributed by atoms with van der Waals surface area (Å²) >= 11 is 0. The van der Waals surface area contributed by atoms with Gasteiger partial charge >= 0.3 is 0 Å². The molecule has 1 aliphatic carbocycles. The minimum atomic E-state index is -0.842. The molecule has 3 rings (SSSR count). The van der Waals surface area contributed by atoms with Crippen molar-refractivity contribution in [1.82, 2.24) is 14.9 Å². The van der Waals surface area contributed by atoms with Gasteiger partial charge in [0.15, 0.2) is 0 Å². The van der Waals surface area contributed by atoms with Crippen LogP contribution in [0, 0.1) is 12.3 Å². The maximum Gasteiger partial charge on any atom is 0.243 e. The van der Waals surface area contributed by atoms with Crippen LogP contribution in [0.4, 0.5) is 5.82 Å². The quantitative estimate of drug-likeness (QED) is 0.725. The van der Waals surface area contributed by atoms with Gasteiger partial charge in [0.05, 0.1) is 6.10 Å². The van der Waals surface area contributed by atoms with E-state index in [9.17, 15) is 4.79 Å². The van der Waals surface area contributed by atoms with Gasteiger partial charge in [-0.05, 0) is 13.8 Å². The van der Waals surface area contributed by atoms with Crippen LogP contribution in [-0.2, 0) is 9.53 Å². The number of halogens is 2. The van der Waals surface area contributed by atoms with Crippen LogP contribution in [0.5, 0.6) is 0 Å². The molecule has 1 amide bonds. The molecule has 0 aromatic carbocycles. The van der Waals surface area contributed by atoms with Crippen LogP contribution in [0.15, 0.2) is 6.07 Å². The van der Waals surface area contributed by atoms with E-state index in [0.717, 1.165) is 30.4 Å². The van der Waals surface area contributed by atoms with E-state index in [1.165, 1.54) is 0 Å². The predicted octanol–water partition coefficient (Wildman–Crippen LogP) is 2.93. The highest BCUT2D eigenvalue weighted by Gasteiger charge is 2.63. The zero-order valence-corrected chi connectivity index (χ0v) is 20.6. The number of anilines is 1. The molecule has 1 aromatic heterocycles. The molecule has 2 fully saturated rings. The summed E-state index contributed by atoms with van der Waals surface area (Å²) in [6, 6.07) is 2.02. The van der Waals surface area contributed by atoms with E-state index in [1.54, 1.807) is 0 Å². The third-order valence-electron chi connectivity index (χ3n) is 6.48. The van der Waals surface area contributed by atoms with Crippen LogP contribution in [0.3, 0.4) is 0 Å². The summed E-state index contributed by atoms with van der Waals surface area (Å²) in [4.78, 5) is 26.6. The minimum Gasteiger partial charge on any atom is -0.378 e. The summed E-state index contributed by atoms with van der Waals surface area (Å²) in [6.07, 6.45) is 0.640. The van der Waals surface area contributed by atoms with Gasteiger partial charge in [-0.15, -0.1) is 24.8 Å². The minimum absolute atomic E-state index is 0. The molecule has 30 heavy (non-hydrogen) atoms. The highest BCUT2D eigenvalue weighted by atomic mass is 35.5. The van der Waals surface area contributed by atoms with Crippen LogP contribution in [0.2, 0.25) is 0 Å². The second kappa shape index (κ2) is 9.98. The second-order valence-corrected chi connectivity index (χ2v) is 9.00. The third kappa shape index (κ3) is 4.69. The molecule has 1 saturated carbocycles. The first-order chi connectivity index (χ1) is 13.1. The number of amides is 1. The Balaban J connectivity index is 0.00000225. The molecule has 7 nitrogen and oxygen atoms in total. The Morgan fingerprint density at radius 3 is 2.33 bits per heavy atom. The largest absolute Gasteiger partial charge is 0.378 e. The number of carbonyl (C=O) groups is 1. The van der Waals surface area contributed by atoms with E-state index in [-0.39, 0.29) is 48.2 Å². The summed E-state index contributed by atoms with van der Waals surface area (Å²) in [6.45, 7) is 15.8. The van der Waals surface area contributed by atoms with E-state index in [4.69, 9.17) is 15.5 Å². The Morgan fingerprint density at radius 1 is 1.23 bits per heavy atom. The number of aryl methyl sites for hydroxylation is 1. The molecule has 2 atom stereocenters. The van der Waals surface area contributed by atoms with E-state index in [0.29, 0.717) is 26.1 Å². The van der Waals surface area contributed by atoms with Crippen LogP contribution in [0.25, 0.3) is 0 Å².